The Morgan fingerprint density at radius 3 is 2.17 bits per heavy atom. The van der Waals surface area contributed by atoms with Crippen LogP contribution in [0.3, 0.4) is 0 Å². The number of nitrogens with one attached hydrogen (secondary N) is 1. The predicted octanol–water partition coefficient (Wildman–Crippen LogP) is 3.96. The maximum absolute atomic E-state index is 13.2. The Balaban J connectivity index is 2.48. The molecule has 0 bridgehead atoms. The second-order valence-electron chi connectivity index (χ2n) is 11.0. The number of ketones is 1. The number of H-pyrrole nitrogens is 1. The topological polar surface area (TPSA) is 166 Å². The molecule has 1 unspecified atom stereocenters. The number of carbonyl (C=O) groups is 4. The van der Waals surface area contributed by atoms with Crippen molar-refractivity contribution in [3.05, 3.63) is 52.1 Å². The van der Waals surface area contributed by atoms with Crippen LogP contribution in [-0.2, 0) is 35.5 Å². The number of hydroxylamine groups is 2. The molecule has 2 rings (SSSR count). The van der Waals surface area contributed by atoms with Crippen molar-refractivity contribution in [2.45, 2.75) is 91.5 Å². The normalized spacial score (nSPS) is 12.4. The van der Waals surface area contributed by atoms with Crippen LogP contribution in [0, 0.1) is 0 Å². The highest BCUT2D eigenvalue weighted by molar-refractivity contribution is 6.29. The Morgan fingerprint density at radius 1 is 1.00 bits per heavy atom. The zero-order valence-corrected chi connectivity index (χ0v) is 23.8. The van der Waals surface area contributed by atoms with Crippen LogP contribution in [0.1, 0.15) is 89.8 Å². The maximum atomic E-state index is 13.2. The first-order valence-electron chi connectivity index (χ1n) is 12.8. The summed E-state index contributed by atoms with van der Waals surface area (Å²) in [7, 11) is 0. The van der Waals surface area contributed by atoms with Crippen molar-refractivity contribution in [3.63, 3.8) is 0 Å². The lowest BCUT2D eigenvalue weighted by molar-refractivity contribution is -0.320. The van der Waals surface area contributed by atoms with E-state index >= 15 is 0 Å². The lowest BCUT2D eigenvalue weighted by Crippen LogP contribution is -2.42. The lowest BCUT2D eigenvalue weighted by Gasteiger charge is -2.31. The zero-order valence-electron chi connectivity index (χ0n) is 23.8. The highest BCUT2D eigenvalue weighted by atomic mass is 17.2. The first-order chi connectivity index (χ1) is 18.5. The zero-order chi connectivity index (χ0) is 30.3. The van der Waals surface area contributed by atoms with E-state index in [9.17, 15) is 29.1 Å². The number of aromatic nitrogens is 2. The third-order valence-corrected chi connectivity index (χ3v) is 5.12. The molecule has 0 saturated heterocycles. The van der Waals surface area contributed by atoms with Crippen LogP contribution in [0.15, 0.2) is 35.1 Å². The summed E-state index contributed by atoms with van der Waals surface area (Å²) in [5.41, 5.74) is -2.73. The van der Waals surface area contributed by atoms with E-state index in [2.05, 4.69) is 9.87 Å². The van der Waals surface area contributed by atoms with Gasteiger partial charge in [-0.1, -0.05) is 50.1 Å². The molecule has 2 N–H and O–H groups in total. The molecule has 0 aliphatic rings. The molecular formula is C27H37N3O10. The molecule has 0 radical (unpaired) electrons. The minimum Gasteiger partial charge on any atom is -0.493 e. The number of ether oxygens (including phenoxy) is 1. The quantitative estimate of drug-likeness (QED) is 0.197. The summed E-state index contributed by atoms with van der Waals surface area (Å²) in [6.45, 7) is 10.8. The molecule has 1 amide bonds. The van der Waals surface area contributed by atoms with Crippen LogP contribution in [0.5, 0.6) is 5.88 Å². The van der Waals surface area contributed by atoms with Gasteiger partial charge in [0, 0.05) is 5.56 Å². The number of hydrogen-bond acceptors (Lipinski definition) is 10. The molecule has 13 heteroatoms. The van der Waals surface area contributed by atoms with Crippen molar-refractivity contribution < 1.29 is 43.6 Å². The highest BCUT2D eigenvalue weighted by Crippen LogP contribution is 2.32. The third kappa shape index (κ3) is 9.26. The number of aromatic amines is 1. The largest absolute Gasteiger partial charge is 0.493 e. The molecule has 220 valence electrons. The van der Waals surface area contributed by atoms with Crippen molar-refractivity contribution in [3.8, 4) is 5.88 Å². The summed E-state index contributed by atoms with van der Waals surface area (Å²) < 4.78 is 6.16. The minimum atomic E-state index is -1.61. The van der Waals surface area contributed by atoms with Crippen LogP contribution in [-0.4, -0.2) is 54.7 Å². The molecule has 13 nitrogen and oxygen atoms in total. The van der Waals surface area contributed by atoms with Gasteiger partial charge in [-0.25, -0.2) is 19.2 Å². The molecule has 40 heavy (non-hydrogen) atoms. The van der Waals surface area contributed by atoms with E-state index in [1.165, 1.54) is 0 Å². The van der Waals surface area contributed by atoms with Crippen LogP contribution < -0.4 is 5.69 Å². The van der Waals surface area contributed by atoms with Gasteiger partial charge in [0.25, 0.3) is 0 Å². The number of hydrogen-bond donors (Lipinski definition) is 2. The molecule has 0 spiro atoms. The number of benzene rings is 1. The van der Waals surface area contributed by atoms with Crippen LogP contribution in [0.4, 0.5) is 4.79 Å². The number of carbonyl (C=O) groups excluding carboxylic acids is 4. The third-order valence-electron chi connectivity index (χ3n) is 5.12. The number of nitrogens with zero attached hydrogens (tertiary/aromatic N) is 2. The average molecular weight is 564 g/mol. The fourth-order valence-electron chi connectivity index (χ4n) is 3.35. The summed E-state index contributed by atoms with van der Waals surface area (Å²) in [4.78, 5) is 80.5. The van der Waals surface area contributed by atoms with E-state index in [0.717, 1.165) is 4.57 Å². The second kappa shape index (κ2) is 13.3. The Kier molecular flexibility index (Phi) is 10.7. The van der Waals surface area contributed by atoms with Gasteiger partial charge in [0.05, 0.1) is 6.54 Å². The fraction of sp³-hybridized carbons (Fsp3) is 0.519. The average Bonchev–Trinajstić information content (AvgIpc) is 3.13. The van der Waals surface area contributed by atoms with Crippen molar-refractivity contribution in [1.82, 2.24) is 14.6 Å². The highest BCUT2D eigenvalue weighted by Gasteiger charge is 2.38. The Hall–Kier alpha value is -4.13. The molecule has 0 aliphatic carbocycles. The van der Waals surface area contributed by atoms with E-state index in [0.29, 0.717) is 23.5 Å². The number of unbranched alkanes of at least 4 members (excludes halogenated alkanes) is 1. The molecule has 0 saturated carbocycles. The summed E-state index contributed by atoms with van der Waals surface area (Å²) in [6, 6.07) is 6.86. The molecule has 0 aliphatic heterocycles. The number of aromatic hydroxyl groups is 1. The van der Waals surface area contributed by atoms with Crippen LogP contribution >= 0.6 is 0 Å². The molecule has 1 aromatic heterocycles. The number of imidazole rings is 1. The van der Waals surface area contributed by atoms with Crippen molar-refractivity contribution in [2.75, 3.05) is 0 Å². The molecule has 1 heterocycles. The summed E-state index contributed by atoms with van der Waals surface area (Å²) in [5.74, 6) is -4.28. The van der Waals surface area contributed by atoms with Crippen molar-refractivity contribution >= 4 is 23.8 Å². The molecule has 2 aromatic rings. The van der Waals surface area contributed by atoms with Gasteiger partial charge in [0.1, 0.15) is 22.9 Å². The lowest BCUT2D eigenvalue weighted by atomic mass is 10.1. The van der Waals surface area contributed by atoms with Crippen LogP contribution in [0.2, 0.25) is 0 Å². The first-order valence-corrected chi connectivity index (χ1v) is 12.8. The molecule has 1 aromatic carbocycles. The van der Waals surface area contributed by atoms with Crippen LogP contribution in [0.25, 0.3) is 0 Å². The minimum absolute atomic E-state index is 0.0662. The smallest absolute Gasteiger partial charge is 0.452 e. The van der Waals surface area contributed by atoms with Gasteiger partial charge in [0.2, 0.25) is 5.88 Å². The van der Waals surface area contributed by atoms with E-state index < -0.39 is 59.2 Å². The Morgan fingerprint density at radius 2 is 1.62 bits per heavy atom. The van der Waals surface area contributed by atoms with Gasteiger partial charge < -0.3 is 19.7 Å². The van der Waals surface area contributed by atoms with Gasteiger partial charge in [-0.15, -0.1) is 5.06 Å². The first kappa shape index (κ1) is 32.1. The van der Waals surface area contributed by atoms with Gasteiger partial charge in [-0.05, 0) is 48.0 Å². The number of rotatable bonds is 9. The standard InChI is InChI=1S/C27H37N3O10/c1-8-9-15-18(20-21(32)29(24(35)28-20)16-19(31)17-13-11-10-12-14-17)30(25(36)37-26(2,3)4)38-22(33)23(34)39-40-27(5,6)7/h10-14,18,32H,8-9,15-16H2,1-7H3,(H,28,35). The SMILES string of the molecule is CCCCC(c1[nH]c(=O)n(CC(=O)c2ccccc2)c1O)N(OC(=O)C(=O)OOC(C)(C)C)C(=O)OC(C)(C)C. The Labute approximate surface area is 231 Å². The van der Waals surface area contributed by atoms with E-state index in [-0.39, 0.29) is 12.1 Å². The van der Waals surface area contributed by atoms with Gasteiger partial charge >= 0.3 is 23.7 Å². The molecule has 1 atom stereocenters. The van der Waals surface area contributed by atoms with Gasteiger partial charge in [-0.3, -0.25) is 14.2 Å². The van der Waals surface area contributed by atoms with Crippen molar-refractivity contribution in [2.24, 2.45) is 0 Å². The maximum Gasteiger partial charge on any atom is 0.452 e. The number of Topliss-reactive ketones (excluding diaryl/α,β-unsaturated/α-hetero) is 1. The van der Waals surface area contributed by atoms with E-state index in [4.69, 9.17) is 14.5 Å². The summed E-state index contributed by atoms with van der Waals surface area (Å²) in [6.07, 6.45) is -0.0580. The molecule has 0 fully saturated rings. The molecular weight excluding hydrogens is 526 g/mol. The fourth-order valence-corrected chi connectivity index (χ4v) is 3.35. The second-order valence-corrected chi connectivity index (χ2v) is 11.0. The van der Waals surface area contributed by atoms with Gasteiger partial charge in [-0.2, -0.15) is 4.89 Å². The van der Waals surface area contributed by atoms with Crippen molar-refractivity contribution in [1.29, 1.82) is 0 Å². The Bertz CT molecular complexity index is 1250. The summed E-state index contributed by atoms with van der Waals surface area (Å²) >= 11 is 0. The van der Waals surface area contributed by atoms with Gasteiger partial charge in [0.15, 0.2) is 5.78 Å². The summed E-state index contributed by atoms with van der Waals surface area (Å²) in [5, 5.41) is 11.5. The number of amides is 1. The van der Waals surface area contributed by atoms with E-state index in [1.54, 1.807) is 71.9 Å². The predicted molar refractivity (Wildman–Crippen MR) is 141 cm³/mol. The monoisotopic (exact) mass is 563 g/mol. The van der Waals surface area contributed by atoms with E-state index in [1.807, 2.05) is 6.92 Å².